The molecular formula is C13H17ClN6O. The molecule has 0 aromatic carbocycles. The first-order valence-corrected chi connectivity index (χ1v) is 7.34. The maximum atomic E-state index is 12.3. The van der Waals surface area contributed by atoms with Gasteiger partial charge in [-0.3, -0.25) is 9.48 Å². The van der Waals surface area contributed by atoms with Crippen molar-refractivity contribution in [2.24, 2.45) is 7.05 Å². The summed E-state index contributed by atoms with van der Waals surface area (Å²) in [6, 6.07) is 0.297. The Labute approximate surface area is 127 Å². The van der Waals surface area contributed by atoms with Crippen molar-refractivity contribution >= 4 is 17.4 Å². The number of aromatic nitrogens is 5. The molecule has 3 heterocycles. The van der Waals surface area contributed by atoms with Crippen molar-refractivity contribution in [3.63, 3.8) is 0 Å². The third-order valence-electron chi connectivity index (χ3n) is 3.76. The number of nitrogens with zero attached hydrogens (tertiary/aromatic N) is 5. The molecule has 0 bridgehead atoms. The summed E-state index contributed by atoms with van der Waals surface area (Å²) in [6.45, 7) is 3.72. The van der Waals surface area contributed by atoms with Crippen molar-refractivity contribution in [2.75, 3.05) is 13.1 Å². The highest BCUT2D eigenvalue weighted by atomic mass is 35.5. The molecule has 0 radical (unpaired) electrons. The molecule has 7 nitrogen and oxygen atoms in total. The highest BCUT2D eigenvalue weighted by Crippen LogP contribution is 2.22. The Morgan fingerprint density at radius 2 is 2.29 bits per heavy atom. The van der Waals surface area contributed by atoms with Crippen LogP contribution in [0.2, 0.25) is 5.02 Å². The van der Waals surface area contributed by atoms with Crippen LogP contribution in [0.4, 0.5) is 0 Å². The average Bonchev–Trinajstić information content (AvgIpc) is 2.97. The summed E-state index contributed by atoms with van der Waals surface area (Å²) in [5.41, 5.74) is 1.90. The lowest BCUT2D eigenvalue weighted by molar-refractivity contribution is 0.0986. The van der Waals surface area contributed by atoms with Gasteiger partial charge in [-0.15, -0.1) is 5.10 Å². The minimum Gasteiger partial charge on any atom is -0.312 e. The third-order valence-corrected chi connectivity index (χ3v) is 4.20. The van der Waals surface area contributed by atoms with Gasteiger partial charge in [0.15, 0.2) is 5.78 Å². The van der Waals surface area contributed by atoms with Crippen molar-refractivity contribution in [2.45, 2.75) is 25.8 Å². The number of hydrogen-bond donors (Lipinski definition) is 1. The second kappa shape index (κ2) is 5.57. The Hall–Kier alpha value is -1.73. The van der Waals surface area contributed by atoms with Gasteiger partial charge in [0.1, 0.15) is 5.69 Å². The number of ketones is 1. The van der Waals surface area contributed by atoms with E-state index in [4.69, 9.17) is 11.6 Å². The van der Waals surface area contributed by atoms with E-state index < -0.39 is 0 Å². The standard InChI is InChI=1S/C13H17ClN6O/c1-3-9-13(14)11(19(2)17-9)4-12(21)10-7-20(18-16-10)8-5-15-6-8/h7-8,15H,3-6H2,1-2H3. The summed E-state index contributed by atoms with van der Waals surface area (Å²) in [7, 11) is 1.80. The Balaban J connectivity index is 1.77. The molecule has 0 amide bonds. The van der Waals surface area contributed by atoms with Gasteiger partial charge >= 0.3 is 0 Å². The second-order valence-corrected chi connectivity index (χ2v) is 5.56. The van der Waals surface area contributed by atoms with Crippen molar-refractivity contribution in [1.82, 2.24) is 30.1 Å². The van der Waals surface area contributed by atoms with Crippen molar-refractivity contribution in [3.05, 3.63) is 28.3 Å². The molecule has 21 heavy (non-hydrogen) atoms. The number of aryl methyl sites for hydroxylation is 2. The average molecular weight is 309 g/mol. The second-order valence-electron chi connectivity index (χ2n) is 5.18. The lowest BCUT2D eigenvalue weighted by atomic mass is 10.1. The molecule has 3 rings (SSSR count). The van der Waals surface area contributed by atoms with Crippen LogP contribution in [0.25, 0.3) is 0 Å². The van der Waals surface area contributed by atoms with Crippen LogP contribution in [0.5, 0.6) is 0 Å². The predicted molar refractivity (Wildman–Crippen MR) is 77.6 cm³/mol. The maximum Gasteiger partial charge on any atom is 0.190 e. The number of halogens is 1. The van der Waals surface area contributed by atoms with Crippen LogP contribution in [0.1, 0.15) is 34.8 Å². The van der Waals surface area contributed by atoms with Crippen LogP contribution in [-0.2, 0) is 19.9 Å². The maximum absolute atomic E-state index is 12.3. The smallest absolute Gasteiger partial charge is 0.190 e. The first-order valence-electron chi connectivity index (χ1n) is 6.96. The Morgan fingerprint density at radius 1 is 1.52 bits per heavy atom. The number of rotatable bonds is 5. The van der Waals surface area contributed by atoms with Gasteiger partial charge in [0.25, 0.3) is 0 Å². The van der Waals surface area contributed by atoms with E-state index in [9.17, 15) is 4.79 Å². The van der Waals surface area contributed by atoms with Gasteiger partial charge in [-0.05, 0) is 6.42 Å². The topological polar surface area (TPSA) is 77.6 Å². The molecule has 1 N–H and O–H groups in total. The van der Waals surface area contributed by atoms with Crippen LogP contribution < -0.4 is 5.32 Å². The van der Waals surface area contributed by atoms with Gasteiger partial charge in [-0.25, -0.2) is 4.68 Å². The number of Topliss-reactive ketones (excluding diaryl/α,β-unsaturated/α-hetero) is 1. The number of carbonyl (C=O) groups excluding carboxylic acids is 1. The van der Waals surface area contributed by atoms with E-state index in [1.54, 1.807) is 22.6 Å². The highest BCUT2D eigenvalue weighted by molar-refractivity contribution is 6.32. The third kappa shape index (κ3) is 2.58. The van der Waals surface area contributed by atoms with Gasteiger partial charge in [-0.1, -0.05) is 23.7 Å². The van der Waals surface area contributed by atoms with Gasteiger partial charge < -0.3 is 5.32 Å². The monoisotopic (exact) mass is 308 g/mol. The van der Waals surface area contributed by atoms with E-state index in [1.165, 1.54) is 0 Å². The molecule has 1 aliphatic heterocycles. The van der Waals surface area contributed by atoms with Gasteiger partial charge in [0.2, 0.25) is 0 Å². The molecule has 2 aromatic heterocycles. The molecule has 0 unspecified atom stereocenters. The first kappa shape index (κ1) is 14.2. The zero-order valence-corrected chi connectivity index (χ0v) is 12.8. The predicted octanol–water partition coefficient (Wildman–Crippen LogP) is 0.797. The molecule has 0 aliphatic carbocycles. The molecule has 0 saturated carbocycles. The van der Waals surface area contributed by atoms with Crippen LogP contribution >= 0.6 is 11.6 Å². The van der Waals surface area contributed by atoms with E-state index in [0.717, 1.165) is 30.9 Å². The summed E-state index contributed by atoms with van der Waals surface area (Å²) in [4.78, 5) is 12.3. The SMILES string of the molecule is CCc1nn(C)c(CC(=O)c2cn(C3CNC3)nn2)c1Cl. The molecule has 0 atom stereocenters. The van der Waals surface area contributed by atoms with E-state index >= 15 is 0 Å². The van der Waals surface area contributed by atoms with Gasteiger partial charge in [0, 0.05) is 20.1 Å². The van der Waals surface area contributed by atoms with E-state index in [2.05, 4.69) is 20.7 Å². The lowest BCUT2D eigenvalue weighted by Gasteiger charge is -2.26. The lowest BCUT2D eigenvalue weighted by Crippen LogP contribution is -2.43. The molecule has 0 spiro atoms. The zero-order valence-electron chi connectivity index (χ0n) is 12.0. The molecule has 1 fully saturated rings. The Bertz CT molecular complexity index is 672. The van der Waals surface area contributed by atoms with Crippen molar-refractivity contribution < 1.29 is 4.79 Å². The molecule has 1 aliphatic rings. The number of nitrogens with one attached hydrogen (secondary N) is 1. The largest absolute Gasteiger partial charge is 0.312 e. The van der Waals surface area contributed by atoms with Gasteiger partial charge in [0.05, 0.1) is 35.1 Å². The van der Waals surface area contributed by atoms with Crippen LogP contribution in [-0.4, -0.2) is 43.6 Å². The molecule has 112 valence electrons. The quantitative estimate of drug-likeness (QED) is 0.827. The fraction of sp³-hybridized carbons (Fsp3) is 0.538. The zero-order chi connectivity index (χ0) is 15.0. The van der Waals surface area contributed by atoms with Crippen molar-refractivity contribution in [1.29, 1.82) is 0 Å². The summed E-state index contributed by atoms with van der Waals surface area (Å²) < 4.78 is 3.41. The van der Waals surface area contributed by atoms with Gasteiger partial charge in [-0.2, -0.15) is 5.10 Å². The highest BCUT2D eigenvalue weighted by Gasteiger charge is 2.23. The fourth-order valence-electron chi connectivity index (χ4n) is 2.30. The Morgan fingerprint density at radius 3 is 2.86 bits per heavy atom. The Kier molecular flexibility index (Phi) is 3.77. The van der Waals surface area contributed by atoms with E-state index in [-0.39, 0.29) is 12.2 Å². The summed E-state index contributed by atoms with van der Waals surface area (Å²) in [5, 5.41) is 16.0. The van der Waals surface area contributed by atoms with Crippen LogP contribution in [0.15, 0.2) is 6.20 Å². The molecule has 1 saturated heterocycles. The van der Waals surface area contributed by atoms with Crippen molar-refractivity contribution in [3.8, 4) is 0 Å². The fourth-order valence-corrected chi connectivity index (χ4v) is 2.66. The summed E-state index contributed by atoms with van der Waals surface area (Å²) >= 11 is 6.26. The summed E-state index contributed by atoms with van der Waals surface area (Å²) in [6.07, 6.45) is 2.63. The molecule has 8 heteroatoms. The minimum absolute atomic E-state index is 0.0962. The van der Waals surface area contributed by atoms with E-state index in [0.29, 0.717) is 16.8 Å². The summed E-state index contributed by atoms with van der Waals surface area (Å²) in [5.74, 6) is -0.0962. The normalized spacial score (nSPS) is 15.2. The van der Waals surface area contributed by atoms with Crippen LogP contribution in [0.3, 0.4) is 0 Å². The molecular weight excluding hydrogens is 292 g/mol. The first-order chi connectivity index (χ1) is 10.1. The number of hydrogen-bond acceptors (Lipinski definition) is 5. The van der Waals surface area contributed by atoms with E-state index in [1.807, 2.05) is 6.92 Å². The number of carbonyl (C=O) groups is 1. The van der Waals surface area contributed by atoms with Crippen LogP contribution in [0, 0.1) is 0 Å². The minimum atomic E-state index is -0.0962. The molecule has 2 aromatic rings.